The highest BCUT2D eigenvalue weighted by molar-refractivity contribution is 7.89. The molecule has 0 atom stereocenters. The number of amides is 1. The van der Waals surface area contributed by atoms with Gasteiger partial charge in [0.05, 0.1) is 28.6 Å². The molecule has 152 valence electrons. The number of carbonyl (C=O) groups excluding carboxylic acids is 2. The van der Waals surface area contributed by atoms with Crippen molar-refractivity contribution in [2.75, 3.05) is 7.11 Å². The summed E-state index contributed by atoms with van der Waals surface area (Å²) in [4.78, 5) is 28.3. The van der Waals surface area contributed by atoms with E-state index in [1.807, 2.05) is 0 Å². The van der Waals surface area contributed by atoms with Crippen molar-refractivity contribution in [3.05, 3.63) is 58.6 Å². The Morgan fingerprint density at radius 2 is 1.90 bits per heavy atom. The van der Waals surface area contributed by atoms with E-state index in [2.05, 4.69) is 9.73 Å². The number of nitrogens with zero attached hydrogens (tertiary/aromatic N) is 2. The molecule has 3 rings (SSSR count). The monoisotopic (exact) mass is 437 g/mol. The minimum Gasteiger partial charge on any atom is -0.468 e. The number of hydrogen-bond donors (Lipinski definition) is 1. The number of aromatic nitrogens is 1. The summed E-state index contributed by atoms with van der Waals surface area (Å²) in [5.74, 6) is -1.48. The van der Waals surface area contributed by atoms with Gasteiger partial charge in [0.25, 0.3) is 5.91 Å². The Hall–Kier alpha value is -2.89. The van der Waals surface area contributed by atoms with E-state index in [1.165, 1.54) is 54.1 Å². The number of benzene rings is 2. The lowest BCUT2D eigenvalue weighted by Gasteiger charge is -2.04. The molecule has 0 saturated carbocycles. The van der Waals surface area contributed by atoms with Crippen LogP contribution in [-0.2, 0) is 37.3 Å². The van der Waals surface area contributed by atoms with Crippen LogP contribution in [0.1, 0.15) is 5.56 Å². The van der Waals surface area contributed by atoms with Crippen molar-refractivity contribution in [3.63, 3.8) is 0 Å². The third kappa shape index (κ3) is 4.94. The summed E-state index contributed by atoms with van der Waals surface area (Å²) >= 11 is 1.04. The van der Waals surface area contributed by atoms with Crippen LogP contribution in [0, 0.1) is 5.82 Å². The molecule has 1 heterocycles. The summed E-state index contributed by atoms with van der Waals surface area (Å²) in [6.07, 6.45) is -0.0603. The normalized spacial score (nSPS) is 12.3. The molecule has 0 aliphatic carbocycles. The van der Waals surface area contributed by atoms with Crippen LogP contribution in [0.2, 0.25) is 0 Å². The average Bonchev–Trinajstić information content (AvgIpc) is 2.99. The molecule has 2 N–H and O–H groups in total. The lowest BCUT2D eigenvalue weighted by atomic mass is 10.1. The maximum Gasteiger partial charge on any atom is 0.325 e. The van der Waals surface area contributed by atoms with Crippen LogP contribution in [0.5, 0.6) is 0 Å². The number of hydrogen-bond acceptors (Lipinski definition) is 6. The standard InChI is InChI=1S/C18H16FN3O5S2/c1-27-17(24)10-22-14-7-6-13(29(20,25)26)9-15(14)28-18(22)21-16(23)8-11-2-4-12(19)5-3-11/h2-7,9H,8,10H2,1H3,(H2,20,25,26). The van der Waals surface area contributed by atoms with Gasteiger partial charge in [-0.1, -0.05) is 23.5 Å². The van der Waals surface area contributed by atoms with E-state index < -0.39 is 27.7 Å². The first-order chi connectivity index (χ1) is 13.7. The van der Waals surface area contributed by atoms with Crippen molar-refractivity contribution in [3.8, 4) is 0 Å². The van der Waals surface area contributed by atoms with Crippen LogP contribution in [0.3, 0.4) is 0 Å². The molecule has 0 bridgehead atoms. The summed E-state index contributed by atoms with van der Waals surface area (Å²) in [6.45, 7) is -0.214. The quantitative estimate of drug-likeness (QED) is 0.604. The zero-order chi connectivity index (χ0) is 21.2. The fourth-order valence-electron chi connectivity index (χ4n) is 2.59. The number of ether oxygens (including phenoxy) is 1. The van der Waals surface area contributed by atoms with Gasteiger partial charge in [-0.2, -0.15) is 4.99 Å². The summed E-state index contributed by atoms with van der Waals surface area (Å²) in [5, 5.41) is 5.16. The van der Waals surface area contributed by atoms with E-state index >= 15 is 0 Å². The van der Waals surface area contributed by atoms with Crippen molar-refractivity contribution in [1.29, 1.82) is 0 Å². The second kappa shape index (κ2) is 8.23. The van der Waals surface area contributed by atoms with Gasteiger partial charge < -0.3 is 9.30 Å². The van der Waals surface area contributed by atoms with E-state index in [9.17, 15) is 22.4 Å². The SMILES string of the molecule is COC(=O)Cn1c(=NC(=O)Cc2ccc(F)cc2)sc2cc(S(N)(=O)=O)ccc21. The number of esters is 1. The van der Waals surface area contributed by atoms with Gasteiger partial charge >= 0.3 is 5.97 Å². The van der Waals surface area contributed by atoms with E-state index in [4.69, 9.17) is 5.14 Å². The van der Waals surface area contributed by atoms with Crippen molar-refractivity contribution in [2.45, 2.75) is 17.9 Å². The van der Waals surface area contributed by atoms with Crippen LogP contribution in [0.4, 0.5) is 4.39 Å². The van der Waals surface area contributed by atoms with E-state index in [1.54, 1.807) is 0 Å². The zero-order valence-corrected chi connectivity index (χ0v) is 16.8. The second-order valence-electron chi connectivity index (χ2n) is 6.03. The van der Waals surface area contributed by atoms with E-state index in [-0.39, 0.29) is 22.7 Å². The van der Waals surface area contributed by atoms with Gasteiger partial charge in [0.2, 0.25) is 10.0 Å². The summed E-state index contributed by atoms with van der Waals surface area (Å²) in [6, 6.07) is 9.60. The minimum atomic E-state index is -3.92. The molecule has 11 heteroatoms. The number of carbonyl (C=O) groups is 2. The number of nitrogens with two attached hydrogens (primary N) is 1. The van der Waals surface area contributed by atoms with E-state index in [0.29, 0.717) is 15.8 Å². The number of halogens is 1. The van der Waals surface area contributed by atoms with Crippen molar-refractivity contribution >= 4 is 43.5 Å². The van der Waals surface area contributed by atoms with E-state index in [0.717, 1.165) is 11.3 Å². The van der Waals surface area contributed by atoms with Crippen LogP contribution in [0.25, 0.3) is 10.2 Å². The molecule has 0 radical (unpaired) electrons. The van der Waals surface area contributed by atoms with Gasteiger partial charge in [0, 0.05) is 0 Å². The Kier molecular flexibility index (Phi) is 5.91. The molecular weight excluding hydrogens is 421 g/mol. The number of sulfonamides is 1. The predicted octanol–water partition coefficient (Wildman–Crippen LogP) is 1.33. The fraction of sp³-hybridized carbons (Fsp3) is 0.167. The molecule has 2 aromatic carbocycles. The van der Waals surface area contributed by atoms with Crippen LogP contribution in [-0.4, -0.2) is 32.0 Å². The smallest absolute Gasteiger partial charge is 0.325 e. The Morgan fingerprint density at radius 1 is 1.21 bits per heavy atom. The number of methoxy groups -OCH3 is 1. The molecule has 29 heavy (non-hydrogen) atoms. The molecule has 1 amide bonds. The molecule has 8 nitrogen and oxygen atoms in total. The molecule has 0 fully saturated rings. The molecule has 1 aromatic heterocycles. The van der Waals surface area contributed by atoms with Crippen molar-refractivity contribution in [2.24, 2.45) is 10.1 Å². The molecule has 0 saturated heterocycles. The second-order valence-corrected chi connectivity index (χ2v) is 8.60. The third-order valence-corrected chi connectivity index (χ3v) is 5.94. The topological polar surface area (TPSA) is 121 Å². The summed E-state index contributed by atoms with van der Waals surface area (Å²) in [5.41, 5.74) is 1.08. The number of rotatable bonds is 5. The molecule has 3 aromatic rings. The van der Waals surface area contributed by atoms with Crippen molar-refractivity contribution < 1.29 is 27.1 Å². The third-order valence-electron chi connectivity index (χ3n) is 3.99. The number of thiazole rings is 1. The maximum atomic E-state index is 13.0. The molecule has 0 unspecified atom stereocenters. The van der Waals surface area contributed by atoms with Crippen LogP contribution < -0.4 is 9.94 Å². The Balaban J connectivity index is 2.07. The lowest BCUT2D eigenvalue weighted by molar-refractivity contribution is -0.141. The van der Waals surface area contributed by atoms with Gasteiger partial charge in [-0.15, -0.1) is 0 Å². The highest BCUT2D eigenvalue weighted by atomic mass is 32.2. The summed E-state index contributed by atoms with van der Waals surface area (Å²) < 4.78 is 42.8. The first-order valence-electron chi connectivity index (χ1n) is 8.22. The number of primary sulfonamides is 1. The molecule has 0 aliphatic heterocycles. The Labute approximate surface area is 169 Å². The lowest BCUT2D eigenvalue weighted by Crippen LogP contribution is -2.22. The van der Waals surface area contributed by atoms with Gasteiger partial charge in [-0.3, -0.25) is 9.59 Å². The first-order valence-corrected chi connectivity index (χ1v) is 10.6. The largest absolute Gasteiger partial charge is 0.468 e. The number of fused-ring (bicyclic) bond motifs is 1. The zero-order valence-electron chi connectivity index (χ0n) is 15.2. The minimum absolute atomic E-state index is 0.0603. The van der Waals surface area contributed by atoms with Crippen LogP contribution in [0.15, 0.2) is 52.4 Å². The molecular formula is C18H16FN3O5S2. The highest BCUT2D eigenvalue weighted by Crippen LogP contribution is 2.21. The average molecular weight is 437 g/mol. The van der Waals surface area contributed by atoms with Gasteiger partial charge in [0.1, 0.15) is 12.4 Å². The van der Waals surface area contributed by atoms with Gasteiger partial charge in [0.15, 0.2) is 4.80 Å². The fourth-order valence-corrected chi connectivity index (χ4v) is 4.29. The van der Waals surface area contributed by atoms with Gasteiger partial charge in [-0.25, -0.2) is 17.9 Å². The summed E-state index contributed by atoms with van der Waals surface area (Å²) in [7, 11) is -2.69. The van der Waals surface area contributed by atoms with Gasteiger partial charge in [-0.05, 0) is 35.9 Å². The molecule has 0 spiro atoms. The maximum absolute atomic E-state index is 13.0. The van der Waals surface area contributed by atoms with Crippen molar-refractivity contribution in [1.82, 2.24) is 4.57 Å². The molecule has 0 aliphatic rings. The highest BCUT2D eigenvalue weighted by Gasteiger charge is 2.15. The predicted molar refractivity (Wildman–Crippen MR) is 104 cm³/mol. The van der Waals surface area contributed by atoms with Crippen LogP contribution >= 0.6 is 11.3 Å². The first kappa shape index (κ1) is 20.8. The Morgan fingerprint density at radius 3 is 2.52 bits per heavy atom. The Bertz CT molecular complexity index is 1260.